The SMILES string of the molecule is CNC(=O)c1cc(C(=O)NCc2ccc3c(c2)CC(=O)CO3)nc2c(F)cnn12. The minimum atomic E-state index is -0.746. The number of amides is 2. The quantitative estimate of drug-likeness (QED) is 0.669. The second kappa shape index (κ2) is 7.30. The number of fused-ring (bicyclic) bond motifs is 2. The van der Waals surface area contributed by atoms with Crippen LogP contribution in [0.4, 0.5) is 4.39 Å². The lowest BCUT2D eigenvalue weighted by Crippen LogP contribution is -2.27. The molecule has 1 aromatic carbocycles. The van der Waals surface area contributed by atoms with Crippen LogP contribution in [0.3, 0.4) is 0 Å². The van der Waals surface area contributed by atoms with E-state index in [1.54, 1.807) is 18.2 Å². The van der Waals surface area contributed by atoms with Gasteiger partial charge in [-0.1, -0.05) is 6.07 Å². The number of nitrogens with zero attached hydrogens (tertiary/aromatic N) is 3. The minimum Gasteiger partial charge on any atom is -0.486 e. The fourth-order valence-corrected chi connectivity index (χ4v) is 3.06. The van der Waals surface area contributed by atoms with Gasteiger partial charge < -0.3 is 15.4 Å². The van der Waals surface area contributed by atoms with Crippen molar-refractivity contribution in [3.8, 4) is 5.75 Å². The van der Waals surface area contributed by atoms with Crippen LogP contribution >= 0.6 is 0 Å². The van der Waals surface area contributed by atoms with Crippen molar-refractivity contribution in [3.05, 3.63) is 58.8 Å². The van der Waals surface area contributed by atoms with Crippen molar-refractivity contribution in [2.24, 2.45) is 0 Å². The average molecular weight is 397 g/mol. The van der Waals surface area contributed by atoms with Gasteiger partial charge in [0.1, 0.15) is 23.7 Å². The van der Waals surface area contributed by atoms with Crippen molar-refractivity contribution in [1.82, 2.24) is 25.2 Å². The van der Waals surface area contributed by atoms with Crippen molar-refractivity contribution in [1.29, 1.82) is 0 Å². The molecule has 0 saturated carbocycles. The Morgan fingerprint density at radius 3 is 2.90 bits per heavy atom. The molecule has 3 heterocycles. The van der Waals surface area contributed by atoms with E-state index in [1.165, 1.54) is 13.1 Å². The van der Waals surface area contributed by atoms with Gasteiger partial charge in [0.15, 0.2) is 17.2 Å². The molecule has 1 aliphatic heterocycles. The van der Waals surface area contributed by atoms with Gasteiger partial charge in [-0.15, -0.1) is 0 Å². The van der Waals surface area contributed by atoms with E-state index in [0.717, 1.165) is 21.8 Å². The summed E-state index contributed by atoms with van der Waals surface area (Å²) in [6.07, 6.45) is 1.21. The number of nitrogens with one attached hydrogen (secondary N) is 2. The van der Waals surface area contributed by atoms with Crippen LogP contribution in [-0.2, 0) is 17.8 Å². The first-order chi connectivity index (χ1) is 14.0. The first-order valence-corrected chi connectivity index (χ1v) is 8.77. The molecule has 2 aromatic heterocycles. The minimum absolute atomic E-state index is 0.0132. The van der Waals surface area contributed by atoms with Gasteiger partial charge in [0.2, 0.25) is 0 Å². The maximum atomic E-state index is 13.9. The summed E-state index contributed by atoms with van der Waals surface area (Å²) < 4.78 is 20.3. The third-order valence-electron chi connectivity index (χ3n) is 4.48. The fourth-order valence-electron chi connectivity index (χ4n) is 3.06. The van der Waals surface area contributed by atoms with Crippen molar-refractivity contribution >= 4 is 23.2 Å². The Kier molecular flexibility index (Phi) is 4.67. The van der Waals surface area contributed by atoms with Gasteiger partial charge in [-0.2, -0.15) is 5.10 Å². The highest BCUT2D eigenvalue weighted by Gasteiger charge is 2.20. The lowest BCUT2D eigenvalue weighted by molar-refractivity contribution is -0.121. The van der Waals surface area contributed by atoms with E-state index in [2.05, 4.69) is 20.7 Å². The van der Waals surface area contributed by atoms with Crippen molar-refractivity contribution in [3.63, 3.8) is 0 Å². The zero-order valence-corrected chi connectivity index (χ0v) is 15.4. The summed E-state index contributed by atoms with van der Waals surface area (Å²) in [5.41, 5.74) is 1.16. The summed E-state index contributed by atoms with van der Waals surface area (Å²) in [5.74, 6) is -1.22. The highest BCUT2D eigenvalue weighted by atomic mass is 19.1. The topological polar surface area (TPSA) is 115 Å². The normalized spacial score (nSPS) is 13.0. The van der Waals surface area contributed by atoms with Gasteiger partial charge in [-0.3, -0.25) is 14.4 Å². The number of Topliss-reactive ketones (excluding diaryl/α,β-unsaturated/α-hetero) is 1. The molecule has 148 valence electrons. The van der Waals surface area contributed by atoms with Crippen LogP contribution in [0.1, 0.15) is 32.1 Å². The number of benzene rings is 1. The third kappa shape index (κ3) is 3.51. The number of hydrogen-bond acceptors (Lipinski definition) is 6. The molecule has 29 heavy (non-hydrogen) atoms. The molecular formula is C19H16FN5O4. The summed E-state index contributed by atoms with van der Waals surface area (Å²) in [6, 6.07) is 6.56. The molecule has 0 unspecified atom stereocenters. The van der Waals surface area contributed by atoms with E-state index in [0.29, 0.717) is 5.75 Å². The zero-order chi connectivity index (χ0) is 20.5. The number of carbonyl (C=O) groups excluding carboxylic acids is 3. The lowest BCUT2D eigenvalue weighted by Gasteiger charge is -2.17. The van der Waals surface area contributed by atoms with Crippen molar-refractivity contribution in [2.45, 2.75) is 13.0 Å². The molecule has 0 bridgehead atoms. The van der Waals surface area contributed by atoms with Crippen LogP contribution in [0.25, 0.3) is 5.65 Å². The standard InChI is InChI=1S/C19H16FN5O4/c1-21-19(28)15-6-14(24-17-13(20)8-23-25(15)17)18(27)22-7-10-2-3-16-11(4-10)5-12(26)9-29-16/h2-4,6,8H,5,7,9H2,1H3,(H,21,28)(H,22,27). The van der Waals surface area contributed by atoms with E-state index in [9.17, 15) is 18.8 Å². The Balaban J connectivity index is 1.57. The van der Waals surface area contributed by atoms with Crippen LogP contribution < -0.4 is 15.4 Å². The van der Waals surface area contributed by atoms with Crippen molar-refractivity contribution < 1.29 is 23.5 Å². The molecule has 9 nitrogen and oxygen atoms in total. The summed E-state index contributed by atoms with van der Waals surface area (Å²) in [5, 5.41) is 8.88. The molecule has 2 N–H and O–H groups in total. The summed E-state index contributed by atoms with van der Waals surface area (Å²) >= 11 is 0. The molecule has 1 aliphatic rings. The van der Waals surface area contributed by atoms with Gasteiger partial charge in [0.25, 0.3) is 11.8 Å². The summed E-state index contributed by atoms with van der Waals surface area (Å²) in [6.45, 7) is 0.222. The Bertz CT molecular complexity index is 1160. The Morgan fingerprint density at radius 2 is 2.10 bits per heavy atom. The first-order valence-electron chi connectivity index (χ1n) is 8.77. The Morgan fingerprint density at radius 1 is 1.28 bits per heavy atom. The smallest absolute Gasteiger partial charge is 0.270 e. The van der Waals surface area contributed by atoms with E-state index in [1.807, 2.05) is 0 Å². The number of aromatic nitrogens is 3. The monoisotopic (exact) mass is 397 g/mol. The number of ether oxygens (including phenoxy) is 1. The molecule has 4 rings (SSSR count). The van der Waals surface area contributed by atoms with Crippen LogP contribution in [0.2, 0.25) is 0 Å². The van der Waals surface area contributed by atoms with Crippen LogP contribution in [-0.4, -0.2) is 45.9 Å². The predicted molar refractivity (Wildman–Crippen MR) is 98.2 cm³/mol. The first kappa shape index (κ1) is 18.5. The highest BCUT2D eigenvalue weighted by Crippen LogP contribution is 2.24. The van der Waals surface area contributed by atoms with E-state index in [-0.39, 0.29) is 42.4 Å². The molecule has 0 aliphatic carbocycles. The number of halogens is 1. The third-order valence-corrected chi connectivity index (χ3v) is 4.48. The predicted octanol–water partition coefficient (Wildman–Crippen LogP) is 0.662. The van der Waals surface area contributed by atoms with Crippen molar-refractivity contribution in [2.75, 3.05) is 13.7 Å². The molecule has 0 saturated heterocycles. The lowest BCUT2D eigenvalue weighted by atomic mass is 10.0. The summed E-state index contributed by atoms with van der Waals surface area (Å²) in [7, 11) is 1.42. The Labute approximate surface area is 163 Å². The number of ketones is 1. The van der Waals surface area contributed by atoms with Gasteiger partial charge >= 0.3 is 0 Å². The van der Waals surface area contributed by atoms with Crippen LogP contribution in [0, 0.1) is 5.82 Å². The van der Waals surface area contributed by atoms with Gasteiger partial charge in [-0.05, 0) is 17.7 Å². The summed E-state index contributed by atoms with van der Waals surface area (Å²) in [4.78, 5) is 40.1. The fraction of sp³-hybridized carbons (Fsp3) is 0.211. The zero-order valence-electron chi connectivity index (χ0n) is 15.4. The Hall–Kier alpha value is -3.82. The van der Waals surface area contributed by atoms with Crippen LogP contribution in [0.5, 0.6) is 5.75 Å². The van der Waals surface area contributed by atoms with Gasteiger partial charge in [0, 0.05) is 31.6 Å². The molecule has 0 spiro atoms. The molecule has 0 radical (unpaired) electrons. The van der Waals surface area contributed by atoms with Gasteiger partial charge in [0.05, 0.1) is 6.20 Å². The number of rotatable bonds is 4. The molecule has 2 amide bonds. The van der Waals surface area contributed by atoms with E-state index in [4.69, 9.17) is 4.74 Å². The van der Waals surface area contributed by atoms with E-state index < -0.39 is 17.6 Å². The molecular weight excluding hydrogens is 381 g/mol. The second-order valence-corrected chi connectivity index (χ2v) is 6.46. The molecule has 10 heteroatoms. The van der Waals surface area contributed by atoms with E-state index >= 15 is 0 Å². The number of carbonyl (C=O) groups is 3. The van der Waals surface area contributed by atoms with Gasteiger partial charge in [-0.25, -0.2) is 13.9 Å². The maximum Gasteiger partial charge on any atom is 0.270 e. The molecule has 0 atom stereocenters. The highest BCUT2D eigenvalue weighted by molar-refractivity contribution is 5.98. The van der Waals surface area contributed by atoms with Crippen LogP contribution in [0.15, 0.2) is 30.5 Å². The number of hydrogen-bond donors (Lipinski definition) is 2. The maximum absolute atomic E-state index is 13.9. The average Bonchev–Trinajstić information content (AvgIpc) is 3.11. The molecule has 0 fully saturated rings. The largest absolute Gasteiger partial charge is 0.486 e. The second-order valence-electron chi connectivity index (χ2n) is 6.46. The molecule has 3 aromatic rings.